The first-order chi connectivity index (χ1) is 13.4. The number of aromatic nitrogens is 3. The number of hydrogen-bond acceptors (Lipinski definition) is 5. The number of hydrogen-bond donors (Lipinski definition) is 1. The molecule has 0 aliphatic carbocycles. The van der Waals surface area contributed by atoms with Crippen LogP contribution in [0.25, 0.3) is 17.1 Å². The number of nitrogens with zero attached hydrogens (tertiary/aromatic N) is 3. The summed E-state index contributed by atoms with van der Waals surface area (Å²) in [7, 11) is -1.78. The van der Waals surface area contributed by atoms with Gasteiger partial charge < -0.3 is 0 Å². The molecule has 0 bridgehead atoms. The minimum absolute atomic E-state index is 0.0824. The second-order valence-corrected chi connectivity index (χ2v) is 9.70. The topological polar surface area (TPSA) is 76.9 Å². The monoisotopic (exact) mass is 436 g/mol. The molecule has 0 fully saturated rings. The van der Waals surface area contributed by atoms with E-state index in [9.17, 15) is 8.42 Å². The average Bonchev–Trinajstić information content (AvgIpc) is 3.10. The van der Waals surface area contributed by atoms with E-state index in [2.05, 4.69) is 14.9 Å². The highest BCUT2D eigenvalue weighted by atomic mass is 35.5. The molecule has 3 rings (SSSR count). The van der Waals surface area contributed by atoms with Crippen LogP contribution in [0.2, 0.25) is 5.02 Å². The zero-order chi connectivity index (χ0) is 20.1. The Morgan fingerprint density at radius 1 is 1.11 bits per heavy atom. The van der Waals surface area contributed by atoms with Gasteiger partial charge in [0.15, 0.2) is 11.0 Å². The summed E-state index contributed by atoms with van der Waals surface area (Å²) in [4.78, 5) is 0. The fourth-order valence-electron chi connectivity index (χ4n) is 2.70. The highest BCUT2D eigenvalue weighted by Crippen LogP contribution is 2.30. The van der Waals surface area contributed by atoms with E-state index in [4.69, 9.17) is 11.6 Å². The zero-order valence-electron chi connectivity index (χ0n) is 15.6. The van der Waals surface area contributed by atoms with Crippen LogP contribution in [-0.4, -0.2) is 41.7 Å². The number of thioether (sulfide) groups is 1. The second kappa shape index (κ2) is 9.09. The van der Waals surface area contributed by atoms with Crippen LogP contribution in [0.3, 0.4) is 0 Å². The highest BCUT2D eigenvalue weighted by Gasteiger charge is 2.17. The molecule has 2 aromatic carbocycles. The summed E-state index contributed by atoms with van der Waals surface area (Å²) < 4.78 is 27.5. The molecular formula is C19H21ClN4O2S2. The first kappa shape index (κ1) is 20.9. The summed E-state index contributed by atoms with van der Waals surface area (Å²) >= 11 is 7.51. The molecule has 0 unspecified atom stereocenters. The van der Waals surface area contributed by atoms with E-state index in [1.165, 1.54) is 18.8 Å². The van der Waals surface area contributed by atoms with Gasteiger partial charge in [0.05, 0.1) is 11.4 Å². The molecule has 0 radical (unpaired) electrons. The van der Waals surface area contributed by atoms with E-state index >= 15 is 0 Å². The molecule has 0 aliphatic rings. The van der Waals surface area contributed by atoms with Crippen molar-refractivity contribution in [1.29, 1.82) is 0 Å². The lowest BCUT2D eigenvalue weighted by Crippen LogP contribution is -2.22. The predicted molar refractivity (Wildman–Crippen MR) is 115 cm³/mol. The van der Waals surface area contributed by atoms with Crippen LogP contribution in [0.1, 0.15) is 12.0 Å². The molecule has 6 nitrogen and oxygen atoms in total. The lowest BCUT2D eigenvalue weighted by molar-refractivity contribution is 0.587. The van der Waals surface area contributed by atoms with Gasteiger partial charge in [-0.3, -0.25) is 4.57 Å². The van der Waals surface area contributed by atoms with Gasteiger partial charge in [-0.25, -0.2) is 13.1 Å². The number of rotatable bonds is 8. The first-order valence-corrected chi connectivity index (χ1v) is 11.7. The van der Waals surface area contributed by atoms with E-state index in [0.717, 1.165) is 27.8 Å². The molecule has 28 heavy (non-hydrogen) atoms. The van der Waals surface area contributed by atoms with E-state index < -0.39 is 10.0 Å². The summed E-state index contributed by atoms with van der Waals surface area (Å²) in [6.45, 7) is 2.04. The quantitative estimate of drug-likeness (QED) is 0.427. The second-order valence-electron chi connectivity index (χ2n) is 6.16. The number of benzene rings is 2. The maximum atomic E-state index is 11.6. The maximum Gasteiger partial charge on any atom is 0.211 e. The zero-order valence-corrected chi connectivity index (χ0v) is 18.0. The van der Waals surface area contributed by atoms with E-state index in [-0.39, 0.29) is 5.75 Å². The van der Waals surface area contributed by atoms with Crippen molar-refractivity contribution in [1.82, 2.24) is 19.5 Å². The molecule has 0 spiro atoms. The van der Waals surface area contributed by atoms with Crippen LogP contribution in [0.4, 0.5) is 0 Å². The van der Waals surface area contributed by atoms with Gasteiger partial charge in [0.25, 0.3) is 0 Å². The summed E-state index contributed by atoms with van der Waals surface area (Å²) in [5.41, 5.74) is 2.99. The fraction of sp³-hybridized carbons (Fsp3) is 0.263. The molecular weight excluding hydrogens is 416 g/mol. The van der Waals surface area contributed by atoms with Gasteiger partial charge in [0, 0.05) is 16.3 Å². The Balaban J connectivity index is 1.92. The van der Waals surface area contributed by atoms with Crippen molar-refractivity contribution in [2.24, 2.45) is 0 Å². The Labute approximate surface area is 174 Å². The minimum atomic E-state index is -3.20. The molecule has 3 aromatic rings. The van der Waals surface area contributed by atoms with Gasteiger partial charge in [-0.2, -0.15) is 0 Å². The average molecular weight is 437 g/mol. The van der Waals surface area contributed by atoms with E-state index in [1.54, 1.807) is 0 Å². The summed E-state index contributed by atoms with van der Waals surface area (Å²) in [5.74, 6) is 1.42. The van der Waals surface area contributed by atoms with Crippen LogP contribution >= 0.6 is 23.4 Å². The van der Waals surface area contributed by atoms with Gasteiger partial charge in [-0.1, -0.05) is 41.6 Å². The maximum absolute atomic E-state index is 11.6. The molecule has 1 aromatic heterocycles. The summed E-state index contributed by atoms with van der Waals surface area (Å²) in [6, 6.07) is 15.5. The van der Waals surface area contributed by atoms with Crippen molar-refractivity contribution < 1.29 is 8.42 Å². The number of halogens is 1. The summed E-state index contributed by atoms with van der Waals surface area (Å²) in [5, 5.41) is 10.1. The number of para-hydroxylation sites is 1. The van der Waals surface area contributed by atoms with Crippen LogP contribution in [-0.2, 0) is 10.0 Å². The third kappa shape index (κ3) is 4.94. The number of aryl methyl sites for hydroxylation is 1. The third-order valence-electron chi connectivity index (χ3n) is 4.19. The largest absolute Gasteiger partial charge is 0.270 e. The molecule has 1 heterocycles. The molecule has 0 aliphatic heterocycles. The molecule has 9 heteroatoms. The lowest BCUT2D eigenvalue weighted by atomic mass is 10.1. The van der Waals surface area contributed by atoms with Crippen LogP contribution < -0.4 is 4.72 Å². The minimum Gasteiger partial charge on any atom is -0.270 e. The Morgan fingerprint density at radius 2 is 1.82 bits per heavy atom. The molecule has 0 amide bonds. The van der Waals surface area contributed by atoms with Gasteiger partial charge in [-0.15, -0.1) is 10.2 Å². The Hall–Kier alpha value is -1.87. The Morgan fingerprint density at radius 3 is 2.50 bits per heavy atom. The number of nitrogens with one attached hydrogen (secondary N) is 1. The van der Waals surface area contributed by atoms with E-state index in [0.29, 0.717) is 17.2 Å². The molecule has 148 valence electrons. The van der Waals surface area contributed by atoms with Crippen molar-refractivity contribution >= 4 is 33.4 Å². The van der Waals surface area contributed by atoms with Gasteiger partial charge in [0.1, 0.15) is 0 Å². The standard InChI is InChI=1S/C19H21ClN4O2S2/c1-14-6-3-4-7-17(14)24-18(15-8-10-16(20)11-9-15)22-23-19(24)27-12-5-13-28(25,26)21-2/h3-4,6-11,21H,5,12-13H2,1-2H3. The van der Waals surface area contributed by atoms with Crippen LogP contribution in [0.15, 0.2) is 53.7 Å². The smallest absolute Gasteiger partial charge is 0.211 e. The number of sulfonamides is 1. The molecule has 1 N–H and O–H groups in total. The third-order valence-corrected chi connectivity index (χ3v) is 6.91. The first-order valence-electron chi connectivity index (χ1n) is 8.72. The Kier molecular flexibility index (Phi) is 6.77. The molecule has 0 saturated carbocycles. The Bertz CT molecular complexity index is 1050. The molecule has 0 atom stereocenters. The normalized spacial score (nSPS) is 11.7. The van der Waals surface area contributed by atoms with Gasteiger partial charge >= 0.3 is 0 Å². The van der Waals surface area contributed by atoms with Crippen molar-refractivity contribution in [2.45, 2.75) is 18.5 Å². The highest BCUT2D eigenvalue weighted by molar-refractivity contribution is 7.99. The van der Waals surface area contributed by atoms with Crippen molar-refractivity contribution in [3.05, 3.63) is 59.1 Å². The van der Waals surface area contributed by atoms with Gasteiger partial charge in [-0.05, 0) is 56.3 Å². The van der Waals surface area contributed by atoms with Crippen molar-refractivity contribution in [3.63, 3.8) is 0 Å². The SMILES string of the molecule is CNS(=O)(=O)CCCSc1nnc(-c2ccc(Cl)cc2)n1-c1ccccc1C. The van der Waals surface area contributed by atoms with Crippen LogP contribution in [0, 0.1) is 6.92 Å². The van der Waals surface area contributed by atoms with Crippen molar-refractivity contribution in [3.8, 4) is 17.1 Å². The summed E-state index contributed by atoms with van der Waals surface area (Å²) in [6.07, 6.45) is 0.519. The van der Waals surface area contributed by atoms with E-state index in [1.807, 2.05) is 60.0 Å². The van der Waals surface area contributed by atoms with Gasteiger partial charge in [0.2, 0.25) is 10.0 Å². The lowest BCUT2D eigenvalue weighted by Gasteiger charge is -2.13. The van der Waals surface area contributed by atoms with Crippen molar-refractivity contribution in [2.75, 3.05) is 18.6 Å². The predicted octanol–water partition coefficient (Wildman–Crippen LogP) is 3.93. The molecule has 0 saturated heterocycles. The fourth-order valence-corrected chi connectivity index (χ4v) is 4.62. The van der Waals surface area contributed by atoms with Crippen LogP contribution in [0.5, 0.6) is 0 Å².